The number of hydrogen-bond acceptors (Lipinski definition) is 4. The molecule has 4 nitrogen and oxygen atoms in total. The van der Waals surface area contributed by atoms with Crippen molar-refractivity contribution in [2.45, 2.75) is 19.6 Å². The average Bonchev–Trinajstić information content (AvgIpc) is 3.40. The van der Waals surface area contributed by atoms with E-state index < -0.39 is 0 Å². The highest BCUT2D eigenvalue weighted by molar-refractivity contribution is 5.87. The maximum absolute atomic E-state index is 11.9. The molecule has 1 aliphatic rings. The Balaban J connectivity index is 1.41. The van der Waals surface area contributed by atoms with Crippen molar-refractivity contribution in [2.75, 3.05) is 0 Å². The van der Waals surface area contributed by atoms with Gasteiger partial charge in [0.2, 0.25) is 0 Å². The molecule has 0 aromatic heterocycles. The van der Waals surface area contributed by atoms with Crippen molar-refractivity contribution in [1.82, 2.24) is 0 Å². The monoisotopic (exact) mass is 310 g/mol. The summed E-state index contributed by atoms with van der Waals surface area (Å²) in [6.07, 6.45) is 0.515. The second-order valence-corrected chi connectivity index (χ2v) is 5.64. The standard InChI is InChI=1S/C19H18O4/c20-18(22-12-14-7-3-1-4-8-14)16-11-17(16)19(21)23-13-15-9-5-2-6-10-15/h1-10,16-17H,11-13H2/t16-,17-/m0/s1. The van der Waals surface area contributed by atoms with E-state index in [-0.39, 0.29) is 37.0 Å². The number of hydrogen-bond donors (Lipinski definition) is 0. The summed E-state index contributed by atoms with van der Waals surface area (Å²) >= 11 is 0. The highest BCUT2D eigenvalue weighted by Crippen LogP contribution is 2.40. The van der Waals surface area contributed by atoms with Gasteiger partial charge in [-0.05, 0) is 17.5 Å². The van der Waals surface area contributed by atoms with Gasteiger partial charge in [-0.2, -0.15) is 0 Å². The first-order chi connectivity index (χ1) is 11.2. The van der Waals surface area contributed by atoms with Crippen LogP contribution in [0.25, 0.3) is 0 Å². The third kappa shape index (κ3) is 4.19. The van der Waals surface area contributed by atoms with Gasteiger partial charge in [0.15, 0.2) is 0 Å². The normalized spacial score (nSPS) is 19.0. The van der Waals surface area contributed by atoms with Gasteiger partial charge in [0.05, 0.1) is 11.8 Å². The number of ether oxygens (including phenoxy) is 2. The smallest absolute Gasteiger partial charge is 0.310 e. The Bertz CT molecular complexity index is 607. The van der Waals surface area contributed by atoms with Crippen molar-refractivity contribution in [1.29, 1.82) is 0 Å². The van der Waals surface area contributed by atoms with E-state index >= 15 is 0 Å². The number of benzene rings is 2. The molecule has 0 N–H and O–H groups in total. The van der Waals surface area contributed by atoms with Gasteiger partial charge in [0, 0.05) is 0 Å². The second kappa shape index (κ2) is 7.09. The van der Waals surface area contributed by atoms with Gasteiger partial charge in [-0.3, -0.25) is 9.59 Å². The molecule has 1 aliphatic carbocycles. The van der Waals surface area contributed by atoms with E-state index in [2.05, 4.69) is 0 Å². The van der Waals surface area contributed by atoms with Crippen LogP contribution in [-0.2, 0) is 32.3 Å². The van der Waals surface area contributed by atoms with Crippen LogP contribution in [0.1, 0.15) is 17.5 Å². The molecule has 4 heteroatoms. The van der Waals surface area contributed by atoms with Crippen molar-refractivity contribution in [3.8, 4) is 0 Å². The van der Waals surface area contributed by atoms with Gasteiger partial charge in [0.25, 0.3) is 0 Å². The van der Waals surface area contributed by atoms with Gasteiger partial charge < -0.3 is 9.47 Å². The topological polar surface area (TPSA) is 52.6 Å². The maximum Gasteiger partial charge on any atom is 0.310 e. The minimum Gasteiger partial charge on any atom is -0.461 e. The van der Waals surface area contributed by atoms with Gasteiger partial charge in [-0.25, -0.2) is 0 Å². The molecular weight excluding hydrogens is 292 g/mol. The lowest BCUT2D eigenvalue weighted by Gasteiger charge is -2.06. The fraction of sp³-hybridized carbons (Fsp3) is 0.263. The fourth-order valence-corrected chi connectivity index (χ4v) is 2.39. The van der Waals surface area contributed by atoms with E-state index in [0.29, 0.717) is 6.42 Å². The molecule has 2 atom stereocenters. The van der Waals surface area contributed by atoms with E-state index in [4.69, 9.17) is 9.47 Å². The predicted octanol–water partition coefficient (Wildman–Crippen LogP) is 3.11. The molecule has 0 heterocycles. The first-order valence-electron chi connectivity index (χ1n) is 7.65. The Kier molecular flexibility index (Phi) is 4.71. The SMILES string of the molecule is O=C(OCc1ccccc1)[C@H]1C[C@@H]1C(=O)OCc1ccccc1. The summed E-state index contributed by atoms with van der Waals surface area (Å²) in [6.45, 7) is 0.476. The summed E-state index contributed by atoms with van der Waals surface area (Å²) in [6, 6.07) is 19.0. The number of esters is 2. The molecular formula is C19H18O4. The minimum absolute atomic E-state index is 0.238. The zero-order valence-electron chi connectivity index (χ0n) is 12.7. The molecule has 2 aromatic carbocycles. The molecule has 0 radical (unpaired) electrons. The Morgan fingerprint density at radius 2 is 1.13 bits per heavy atom. The van der Waals surface area contributed by atoms with Crippen molar-refractivity contribution in [3.05, 3.63) is 71.8 Å². The van der Waals surface area contributed by atoms with Crippen LogP contribution in [0.3, 0.4) is 0 Å². The zero-order chi connectivity index (χ0) is 16.1. The molecule has 2 aromatic rings. The van der Waals surface area contributed by atoms with E-state index in [1.54, 1.807) is 0 Å². The number of rotatable bonds is 6. The quantitative estimate of drug-likeness (QED) is 0.769. The van der Waals surface area contributed by atoms with Crippen LogP contribution in [0.15, 0.2) is 60.7 Å². The molecule has 23 heavy (non-hydrogen) atoms. The highest BCUT2D eigenvalue weighted by Gasteiger charge is 2.50. The first kappa shape index (κ1) is 15.3. The third-order valence-corrected chi connectivity index (χ3v) is 3.84. The first-order valence-corrected chi connectivity index (χ1v) is 7.65. The molecule has 1 fully saturated rings. The van der Waals surface area contributed by atoms with Crippen LogP contribution in [0.4, 0.5) is 0 Å². The molecule has 3 rings (SSSR count). The zero-order valence-corrected chi connectivity index (χ0v) is 12.7. The lowest BCUT2D eigenvalue weighted by Crippen LogP contribution is -2.14. The van der Waals surface area contributed by atoms with Crippen LogP contribution in [0, 0.1) is 11.8 Å². The molecule has 118 valence electrons. The fourth-order valence-electron chi connectivity index (χ4n) is 2.39. The van der Waals surface area contributed by atoms with Crippen molar-refractivity contribution in [2.24, 2.45) is 11.8 Å². The van der Waals surface area contributed by atoms with Gasteiger partial charge >= 0.3 is 11.9 Å². The molecule has 1 saturated carbocycles. The van der Waals surface area contributed by atoms with Crippen LogP contribution < -0.4 is 0 Å². The van der Waals surface area contributed by atoms with Crippen LogP contribution in [0.5, 0.6) is 0 Å². The molecule has 0 bridgehead atoms. The Labute approximate surface area is 135 Å². The van der Waals surface area contributed by atoms with Crippen molar-refractivity contribution < 1.29 is 19.1 Å². The van der Waals surface area contributed by atoms with Gasteiger partial charge in [-0.1, -0.05) is 60.7 Å². The maximum atomic E-state index is 11.9. The molecule has 0 amide bonds. The summed E-state index contributed by atoms with van der Waals surface area (Å²) < 4.78 is 10.5. The minimum atomic E-state index is -0.359. The second-order valence-electron chi connectivity index (χ2n) is 5.64. The largest absolute Gasteiger partial charge is 0.461 e. The summed E-state index contributed by atoms with van der Waals surface area (Å²) in [5.74, 6) is -1.37. The summed E-state index contributed by atoms with van der Waals surface area (Å²) in [4.78, 5) is 23.9. The third-order valence-electron chi connectivity index (χ3n) is 3.84. The van der Waals surface area contributed by atoms with Crippen LogP contribution >= 0.6 is 0 Å². The summed E-state index contributed by atoms with van der Waals surface area (Å²) in [5, 5.41) is 0. The lowest BCUT2D eigenvalue weighted by atomic mass is 10.2. The molecule has 0 spiro atoms. The van der Waals surface area contributed by atoms with Gasteiger partial charge in [0.1, 0.15) is 13.2 Å². The molecule has 0 saturated heterocycles. The van der Waals surface area contributed by atoms with E-state index in [1.165, 1.54) is 0 Å². The lowest BCUT2D eigenvalue weighted by molar-refractivity contribution is -0.152. The number of carbonyl (C=O) groups excluding carboxylic acids is 2. The Hall–Kier alpha value is -2.62. The van der Waals surface area contributed by atoms with Crippen LogP contribution in [-0.4, -0.2) is 11.9 Å². The van der Waals surface area contributed by atoms with Crippen molar-refractivity contribution in [3.63, 3.8) is 0 Å². The van der Waals surface area contributed by atoms with Crippen molar-refractivity contribution >= 4 is 11.9 Å². The Morgan fingerprint density at radius 1 is 0.739 bits per heavy atom. The summed E-state index contributed by atoms with van der Waals surface area (Å²) in [5.41, 5.74) is 1.87. The summed E-state index contributed by atoms with van der Waals surface area (Å²) in [7, 11) is 0. The highest BCUT2D eigenvalue weighted by atomic mass is 16.5. The number of carbonyl (C=O) groups is 2. The van der Waals surface area contributed by atoms with E-state index in [0.717, 1.165) is 11.1 Å². The average molecular weight is 310 g/mol. The van der Waals surface area contributed by atoms with E-state index in [1.807, 2.05) is 60.7 Å². The van der Waals surface area contributed by atoms with Gasteiger partial charge in [-0.15, -0.1) is 0 Å². The predicted molar refractivity (Wildman–Crippen MR) is 84.1 cm³/mol. The Morgan fingerprint density at radius 3 is 1.52 bits per heavy atom. The molecule has 0 aliphatic heterocycles. The van der Waals surface area contributed by atoms with Crippen LogP contribution in [0.2, 0.25) is 0 Å². The molecule has 0 unspecified atom stereocenters. The van der Waals surface area contributed by atoms with E-state index in [9.17, 15) is 9.59 Å².